The summed E-state index contributed by atoms with van der Waals surface area (Å²) in [5, 5.41) is 8.87. The Hall–Kier alpha value is -1.55. The minimum absolute atomic E-state index is 0. The van der Waals surface area contributed by atoms with Crippen LogP contribution in [0.15, 0.2) is 24.3 Å². The van der Waals surface area contributed by atoms with E-state index in [1.54, 1.807) is 0 Å². The summed E-state index contributed by atoms with van der Waals surface area (Å²) in [5.74, 6) is 0.769. The second-order valence-corrected chi connectivity index (χ2v) is 9.51. The Balaban J connectivity index is 0.00000280. The Labute approximate surface area is 176 Å². The molecular formula is C23H36ClN3O. The minimum atomic E-state index is -0.248. The molecule has 5 heteroatoms. The van der Waals surface area contributed by atoms with E-state index in [-0.39, 0.29) is 35.3 Å². The van der Waals surface area contributed by atoms with E-state index in [0.29, 0.717) is 12.4 Å². The monoisotopic (exact) mass is 405 g/mol. The van der Waals surface area contributed by atoms with Crippen molar-refractivity contribution in [2.24, 2.45) is 0 Å². The van der Waals surface area contributed by atoms with E-state index in [1.165, 1.54) is 24.0 Å². The molecule has 0 radical (unpaired) electrons. The molecule has 1 aromatic carbocycles. The number of nitrogens with zero attached hydrogens (tertiary/aromatic N) is 2. The van der Waals surface area contributed by atoms with E-state index in [0.717, 1.165) is 25.8 Å². The number of amidine groups is 1. The number of carbonyl (C=O) groups excluding carboxylic acids is 1. The van der Waals surface area contributed by atoms with Crippen LogP contribution in [0, 0.1) is 12.3 Å². The molecule has 1 N–H and O–H groups in total. The molecule has 0 bridgehead atoms. The van der Waals surface area contributed by atoms with Gasteiger partial charge in [-0.15, -0.1) is 12.4 Å². The predicted octanol–water partition coefficient (Wildman–Crippen LogP) is 4.93. The second-order valence-electron chi connectivity index (χ2n) is 9.51. The number of benzene rings is 1. The molecule has 1 amide bonds. The molecule has 1 aliphatic carbocycles. The molecule has 2 fully saturated rings. The van der Waals surface area contributed by atoms with E-state index in [2.05, 4.69) is 58.9 Å². The number of piperazine rings is 1. The number of hydrogen-bond donors (Lipinski definition) is 1. The molecule has 4 nitrogen and oxygen atoms in total. The number of aryl methyl sites for hydroxylation is 1. The fourth-order valence-corrected chi connectivity index (χ4v) is 5.38. The summed E-state index contributed by atoms with van der Waals surface area (Å²) in [5.41, 5.74) is 2.47. The third-order valence-corrected chi connectivity index (χ3v) is 6.42. The van der Waals surface area contributed by atoms with Gasteiger partial charge in [-0.2, -0.15) is 0 Å². The summed E-state index contributed by atoms with van der Waals surface area (Å²) in [6.45, 7) is 11.6. The first kappa shape index (κ1) is 22.7. The molecule has 1 heterocycles. The van der Waals surface area contributed by atoms with Gasteiger partial charge >= 0.3 is 0 Å². The first-order valence-electron chi connectivity index (χ1n) is 10.4. The number of rotatable bonds is 4. The van der Waals surface area contributed by atoms with E-state index in [1.807, 2.05) is 9.80 Å². The highest BCUT2D eigenvalue weighted by atomic mass is 35.5. The molecule has 0 spiro atoms. The molecule has 0 atom stereocenters. The van der Waals surface area contributed by atoms with Crippen LogP contribution in [0.1, 0.15) is 70.9 Å². The standard InChI is InChI=1S/C23H35N3O.ClH/c1-17(2)26-21(27)15-25(16-22(26,4)5)20(24)14-23(11-6-7-12-23)19-10-8-9-18(3)13-19;/h8-10,13,17,24H,6-7,11-12,14-16H2,1-5H3;1H. The molecule has 1 saturated heterocycles. The Bertz CT molecular complexity index is 722. The second kappa shape index (κ2) is 8.44. The van der Waals surface area contributed by atoms with Crippen LogP contribution in [0.25, 0.3) is 0 Å². The van der Waals surface area contributed by atoms with Gasteiger partial charge < -0.3 is 9.80 Å². The third-order valence-electron chi connectivity index (χ3n) is 6.42. The van der Waals surface area contributed by atoms with Gasteiger partial charge in [-0.25, -0.2) is 0 Å². The number of amides is 1. The van der Waals surface area contributed by atoms with Crippen molar-refractivity contribution in [1.82, 2.24) is 9.80 Å². The highest BCUT2D eigenvalue weighted by Gasteiger charge is 2.43. The van der Waals surface area contributed by atoms with Crippen LogP contribution >= 0.6 is 12.4 Å². The Morgan fingerprint density at radius 1 is 1.21 bits per heavy atom. The minimum Gasteiger partial charge on any atom is -0.349 e. The maximum Gasteiger partial charge on any atom is 0.242 e. The highest BCUT2D eigenvalue weighted by Crippen LogP contribution is 2.44. The molecule has 0 unspecified atom stereocenters. The van der Waals surface area contributed by atoms with Gasteiger partial charge in [-0.3, -0.25) is 10.2 Å². The average Bonchev–Trinajstić information content (AvgIpc) is 3.02. The van der Waals surface area contributed by atoms with E-state index in [9.17, 15) is 4.79 Å². The van der Waals surface area contributed by atoms with Crippen molar-refractivity contribution in [3.63, 3.8) is 0 Å². The van der Waals surface area contributed by atoms with Crippen molar-refractivity contribution in [2.45, 2.75) is 83.7 Å². The van der Waals surface area contributed by atoms with Crippen molar-refractivity contribution in [2.75, 3.05) is 13.1 Å². The fraction of sp³-hybridized carbons (Fsp3) is 0.652. The Morgan fingerprint density at radius 3 is 2.39 bits per heavy atom. The van der Waals surface area contributed by atoms with Crippen molar-refractivity contribution < 1.29 is 4.79 Å². The van der Waals surface area contributed by atoms with Crippen LogP contribution in [-0.2, 0) is 10.2 Å². The van der Waals surface area contributed by atoms with Gasteiger partial charge in [0.2, 0.25) is 5.91 Å². The molecule has 156 valence electrons. The summed E-state index contributed by atoms with van der Waals surface area (Å²) in [4.78, 5) is 16.8. The molecule has 0 aromatic heterocycles. The van der Waals surface area contributed by atoms with Gasteiger partial charge in [0.05, 0.1) is 17.9 Å². The maximum atomic E-state index is 12.8. The summed E-state index contributed by atoms with van der Waals surface area (Å²) < 4.78 is 0. The zero-order valence-electron chi connectivity index (χ0n) is 18.0. The fourth-order valence-electron chi connectivity index (χ4n) is 5.38. The van der Waals surface area contributed by atoms with Gasteiger partial charge in [-0.05, 0) is 53.0 Å². The van der Waals surface area contributed by atoms with Gasteiger partial charge in [-0.1, -0.05) is 42.7 Å². The van der Waals surface area contributed by atoms with Crippen LogP contribution in [0.4, 0.5) is 0 Å². The normalized spacial score (nSPS) is 21.0. The quantitative estimate of drug-likeness (QED) is 0.570. The zero-order valence-corrected chi connectivity index (χ0v) is 18.9. The molecule has 1 saturated carbocycles. The molecule has 28 heavy (non-hydrogen) atoms. The predicted molar refractivity (Wildman–Crippen MR) is 119 cm³/mol. The molecule has 2 aliphatic rings. The zero-order chi connectivity index (χ0) is 19.8. The topological polar surface area (TPSA) is 47.4 Å². The lowest BCUT2D eigenvalue weighted by Gasteiger charge is -2.50. The Kier molecular flexibility index (Phi) is 6.86. The molecule has 3 rings (SSSR count). The summed E-state index contributed by atoms with van der Waals surface area (Å²) in [7, 11) is 0. The van der Waals surface area contributed by atoms with Crippen LogP contribution < -0.4 is 0 Å². The SMILES string of the molecule is Cc1cccc(C2(CC(=N)N3CC(=O)N(C(C)C)C(C)(C)C3)CCCC2)c1.Cl. The van der Waals surface area contributed by atoms with Crippen molar-refractivity contribution in [3.05, 3.63) is 35.4 Å². The van der Waals surface area contributed by atoms with Crippen molar-refractivity contribution in [1.29, 1.82) is 5.41 Å². The van der Waals surface area contributed by atoms with Gasteiger partial charge in [0.25, 0.3) is 0 Å². The van der Waals surface area contributed by atoms with E-state index in [4.69, 9.17) is 5.41 Å². The lowest BCUT2D eigenvalue weighted by atomic mass is 9.75. The number of halogens is 1. The van der Waals surface area contributed by atoms with Crippen LogP contribution in [0.2, 0.25) is 0 Å². The summed E-state index contributed by atoms with van der Waals surface area (Å²) in [6.07, 6.45) is 5.48. The van der Waals surface area contributed by atoms with Gasteiger partial charge in [0.15, 0.2) is 0 Å². The largest absolute Gasteiger partial charge is 0.349 e. The number of nitrogens with one attached hydrogen (secondary N) is 1. The van der Waals surface area contributed by atoms with E-state index >= 15 is 0 Å². The molecular weight excluding hydrogens is 370 g/mol. The van der Waals surface area contributed by atoms with Crippen LogP contribution in [0.5, 0.6) is 0 Å². The van der Waals surface area contributed by atoms with Crippen molar-refractivity contribution >= 4 is 24.1 Å². The average molecular weight is 406 g/mol. The van der Waals surface area contributed by atoms with Crippen molar-refractivity contribution in [3.8, 4) is 0 Å². The van der Waals surface area contributed by atoms with Crippen LogP contribution in [0.3, 0.4) is 0 Å². The first-order chi connectivity index (χ1) is 12.6. The highest BCUT2D eigenvalue weighted by molar-refractivity contribution is 5.89. The van der Waals surface area contributed by atoms with E-state index < -0.39 is 0 Å². The van der Waals surface area contributed by atoms with Gasteiger partial charge in [0.1, 0.15) is 0 Å². The summed E-state index contributed by atoms with van der Waals surface area (Å²) in [6, 6.07) is 9.01. The lowest BCUT2D eigenvalue weighted by Crippen LogP contribution is -2.65. The molecule has 1 aliphatic heterocycles. The lowest BCUT2D eigenvalue weighted by molar-refractivity contribution is -0.145. The smallest absolute Gasteiger partial charge is 0.242 e. The first-order valence-corrected chi connectivity index (χ1v) is 10.4. The third kappa shape index (κ3) is 4.37. The number of carbonyl (C=O) groups is 1. The summed E-state index contributed by atoms with van der Waals surface area (Å²) >= 11 is 0. The number of hydrogen-bond acceptors (Lipinski definition) is 2. The maximum absolute atomic E-state index is 12.8. The molecule has 1 aromatic rings. The Morgan fingerprint density at radius 2 is 1.86 bits per heavy atom. The van der Waals surface area contributed by atoms with Crippen LogP contribution in [-0.4, -0.2) is 46.2 Å². The van der Waals surface area contributed by atoms with Gasteiger partial charge in [0, 0.05) is 24.4 Å².